The maximum atomic E-state index is 12.6. The van der Waals surface area contributed by atoms with Crippen molar-refractivity contribution in [3.63, 3.8) is 0 Å². The van der Waals surface area contributed by atoms with Gasteiger partial charge in [0.15, 0.2) is 0 Å². The Bertz CT molecular complexity index is 679. The van der Waals surface area contributed by atoms with Gasteiger partial charge >= 0.3 is 0 Å². The molecular weight excluding hydrogens is 389 g/mol. The molecule has 1 aliphatic heterocycles. The van der Waals surface area contributed by atoms with Crippen molar-refractivity contribution in [1.29, 1.82) is 0 Å². The standard InChI is InChI=1S/C15H22ClN3O4S.ClH/c1-23-9-6-17-11-15(20)18-12-4-5-13(16)14(10-12)24(21,22)19-7-2-3-8-19;/h4-5,10,17H,2-3,6-9,11H2,1H3,(H,18,20);1H. The molecule has 7 nitrogen and oxygen atoms in total. The normalized spacial score (nSPS) is 15.0. The molecule has 0 saturated carbocycles. The number of sulfonamides is 1. The predicted molar refractivity (Wildman–Crippen MR) is 100 cm³/mol. The molecule has 2 rings (SSSR count). The summed E-state index contributed by atoms with van der Waals surface area (Å²) in [6.07, 6.45) is 1.70. The fourth-order valence-electron chi connectivity index (χ4n) is 2.43. The summed E-state index contributed by atoms with van der Waals surface area (Å²) in [7, 11) is -2.05. The highest BCUT2D eigenvalue weighted by molar-refractivity contribution is 7.89. The zero-order chi connectivity index (χ0) is 17.6. The molecule has 0 atom stereocenters. The molecule has 1 saturated heterocycles. The topological polar surface area (TPSA) is 87.7 Å². The molecule has 142 valence electrons. The van der Waals surface area contributed by atoms with E-state index in [4.69, 9.17) is 16.3 Å². The van der Waals surface area contributed by atoms with Crippen molar-refractivity contribution in [2.24, 2.45) is 0 Å². The summed E-state index contributed by atoms with van der Waals surface area (Å²) < 4.78 is 31.6. The largest absolute Gasteiger partial charge is 0.383 e. The van der Waals surface area contributed by atoms with Gasteiger partial charge in [-0.15, -0.1) is 12.4 Å². The molecule has 0 aliphatic carbocycles. The number of ether oxygens (including phenoxy) is 1. The van der Waals surface area contributed by atoms with Gasteiger partial charge in [-0.3, -0.25) is 4.79 Å². The Kier molecular flexibility index (Phi) is 9.12. The zero-order valence-electron chi connectivity index (χ0n) is 14.0. The van der Waals surface area contributed by atoms with E-state index in [1.807, 2.05) is 0 Å². The average molecular weight is 412 g/mol. The average Bonchev–Trinajstić information content (AvgIpc) is 3.08. The third kappa shape index (κ3) is 6.09. The molecule has 1 aromatic carbocycles. The van der Waals surface area contributed by atoms with Crippen molar-refractivity contribution in [2.45, 2.75) is 17.7 Å². The molecule has 2 N–H and O–H groups in total. The molecule has 0 aromatic heterocycles. The fraction of sp³-hybridized carbons (Fsp3) is 0.533. The molecule has 0 radical (unpaired) electrons. The van der Waals surface area contributed by atoms with Gasteiger partial charge in [0.25, 0.3) is 0 Å². The van der Waals surface area contributed by atoms with Crippen LogP contribution >= 0.6 is 24.0 Å². The number of rotatable bonds is 8. The van der Waals surface area contributed by atoms with Crippen molar-refractivity contribution >= 4 is 45.6 Å². The maximum Gasteiger partial charge on any atom is 0.244 e. The lowest BCUT2D eigenvalue weighted by Crippen LogP contribution is -2.30. The van der Waals surface area contributed by atoms with Crippen molar-refractivity contribution < 1.29 is 17.9 Å². The molecule has 1 fully saturated rings. The highest BCUT2D eigenvalue weighted by atomic mass is 35.5. The Morgan fingerprint density at radius 2 is 2.00 bits per heavy atom. The van der Waals surface area contributed by atoms with Gasteiger partial charge in [0, 0.05) is 32.4 Å². The van der Waals surface area contributed by atoms with Crippen molar-refractivity contribution in [2.75, 3.05) is 45.2 Å². The van der Waals surface area contributed by atoms with Crippen molar-refractivity contribution in [3.8, 4) is 0 Å². The van der Waals surface area contributed by atoms with Crippen LogP contribution in [-0.4, -0.2) is 58.5 Å². The van der Waals surface area contributed by atoms with E-state index >= 15 is 0 Å². The van der Waals surface area contributed by atoms with Crippen LogP contribution in [0.2, 0.25) is 5.02 Å². The van der Waals surface area contributed by atoms with Crippen molar-refractivity contribution in [1.82, 2.24) is 9.62 Å². The molecule has 1 amide bonds. The highest BCUT2D eigenvalue weighted by Gasteiger charge is 2.29. The number of nitrogens with zero attached hydrogens (tertiary/aromatic N) is 1. The molecule has 0 spiro atoms. The highest BCUT2D eigenvalue weighted by Crippen LogP contribution is 2.29. The second kappa shape index (κ2) is 10.3. The van der Waals surface area contributed by atoms with Gasteiger partial charge in [-0.1, -0.05) is 11.6 Å². The van der Waals surface area contributed by atoms with E-state index in [-0.39, 0.29) is 34.8 Å². The quantitative estimate of drug-likeness (QED) is 0.635. The van der Waals surface area contributed by atoms with Crippen molar-refractivity contribution in [3.05, 3.63) is 23.2 Å². The van der Waals surface area contributed by atoms with Crippen LogP contribution in [0.3, 0.4) is 0 Å². The summed E-state index contributed by atoms with van der Waals surface area (Å²) >= 11 is 6.07. The molecule has 0 unspecified atom stereocenters. The first-order chi connectivity index (χ1) is 11.4. The minimum Gasteiger partial charge on any atom is -0.383 e. The Hall–Kier alpha value is -0.900. The smallest absolute Gasteiger partial charge is 0.244 e. The molecule has 1 aromatic rings. The minimum atomic E-state index is -3.63. The van der Waals surface area contributed by atoms with Crippen LogP contribution < -0.4 is 10.6 Å². The summed E-state index contributed by atoms with van der Waals surface area (Å²) in [5.74, 6) is -0.266. The fourth-order valence-corrected chi connectivity index (χ4v) is 4.45. The third-order valence-corrected chi connectivity index (χ3v) is 6.05. The van der Waals surface area contributed by atoms with Crippen LogP contribution in [0.5, 0.6) is 0 Å². The third-order valence-electron chi connectivity index (χ3n) is 3.67. The number of carbonyl (C=O) groups is 1. The molecule has 1 aliphatic rings. The maximum absolute atomic E-state index is 12.6. The van der Waals surface area contributed by atoms with Gasteiger partial charge in [0.2, 0.25) is 15.9 Å². The van der Waals surface area contributed by atoms with Crippen LogP contribution in [0.25, 0.3) is 0 Å². The summed E-state index contributed by atoms with van der Waals surface area (Å²) in [6, 6.07) is 4.47. The van der Waals surface area contributed by atoms with E-state index in [9.17, 15) is 13.2 Å². The number of hydrogen-bond donors (Lipinski definition) is 2. The summed E-state index contributed by atoms with van der Waals surface area (Å²) in [6.45, 7) is 2.17. The van der Waals surface area contributed by atoms with E-state index in [0.717, 1.165) is 12.8 Å². The first kappa shape index (κ1) is 22.1. The number of methoxy groups -OCH3 is 1. The number of amides is 1. The number of benzene rings is 1. The zero-order valence-corrected chi connectivity index (χ0v) is 16.3. The Balaban J connectivity index is 0.00000312. The minimum absolute atomic E-state index is 0. The summed E-state index contributed by atoms with van der Waals surface area (Å²) in [4.78, 5) is 11.9. The number of carbonyl (C=O) groups excluding carboxylic acids is 1. The monoisotopic (exact) mass is 411 g/mol. The summed E-state index contributed by atoms with van der Waals surface area (Å²) in [5, 5.41) is 5.73. The Morgan fingerprint density at radius 1 is 1.32 bits per heavy atom. The lowest BCUT2D eigenvalue weighted by Gasteiger charge is -2.17. The second-order valence-corrected chi connectivity index (χ2v) is 7.79. The van der Waals surface area contributed by atoms with Gasteiger partial charge < -0.3 is 15.4 Å². The van der Waals surface area contributed by atoms with Crippen LogP contribution in [-0.2, 0) is 19.6 Å². The van der Waals surface area contributed by atoms with E-state index < -0.39 is 10.0 Å². The van der Waals surface area contributed by atoms with E-state index in [1.165, 1.54) is 16.4 Å². The second-order valence-electron chi connectivity index (χ2n) is 5.47. The van der Waals surface area contributed by atoms with Gasteiger partial charge in [0.05, 0.1) is 18.2 Å². The van der Waals surface area contributed by atoms with E-state index in [2.05, 4.69) is 10.6 Å². The number of halogens is 2. The van der Waals surface area contributed by atoms with Gasteiger partial charge in [0.1, 0.15) is 4.90 Å². The first-order valence-electron chi connectivity index (χ1n) is 7.74. The van der Waals surface area contributed by atoms with Gasteiger partial charge in [-0.25, -0.2) is 8.42 Å². The van der Waals surface area contributed by atoms with Crippen LogP contribution in [0.15, 0.2) is 23.1 Å². The molecule has 1 heterocycles. The summed E-state index contributed by atoms with van der Waals surface area (Å²) in [5.41, 5.74) is 0.399. The predicted octanol–water partition coefficient (Wildman–Crippen LogP) is 1.72. The molecule has 10 heteroatoms. The van der Waals surface area contributed by atoms with E-state index in [0.29, 0.717) is 31.9 Å². The van der Waals surface area contributed by atoms with Crippen LogP contribution in [0.4, 0.5) is 5.69 Å². The number of nitrogens with one attached hydrogen (secondary N) is 2. The van der Waals surface area contributed by atoms with Gasteiger partial charge in [-0.2, -0.15) is 4.31 Å². The Morgan fingerprint density at radius 3 is 2.64 bits per heavy atom. The molecule has 25 heavy (non-hydrogen) atoms. The van der Waals surface area contributed by atoms with E-state index in [1.54, 1.807) is 13.2 Å². The lowest BCUT2D eigenvalue weighted by molar-refractivity contribution is -0.115. The SMILES string of the molecule is COCCNCC(=O)Nc1ccc(Cl)c(S(=O)(=O)N2CCCC2)c1.Cl. The first-order valence-corrected chi connectivity index (χ1v) is 9.56. The molecular formula is C15H23Cl2N3O4S. The van der Waals surface area contributed by atoms with Crippen LogP contribution in [0, 0.1) is 0 Å². The number of anilines is 1. The molecule has 0 bridgehead atoms. The Labute approximate surface area is 159 Å². The van der Waals surface area contributed by atoms with Gasteiger partial charge in [-0.05, 0) is 31.0 Å². The number of hydrogen-bond acceptors (Lipinski definition) is 5. The van der Waals surface area contributed by atoms with Crippen LogP contribution in [0.1, 0.15) is 12.8 Å². The lowest BCUT2D eigenvalue weighted by atomic mass is 10.3.